The second-order valence-corrected chi connectivity index (χ2v) is 6.40. The SMILES string of the molecule is CCc1nsc(NCC(C(=O)N2CCOCC2)c2ccccc2)n1. The van der Waals surface area contributed by atoms with Gasteiger partial charge in [-0.05, 0) is 5.56 Å². The number of ether oxygens (including phenoxy) is 1. The molecule has 6 nitrogen and oxygen atoms in total. The van der Waals surface area contributed by atoms with Crippen LogP contribution in [0.4, 0.5) is 5.13 Å². The number of nitrogens with zero attached hydrogens (tertiary/aromatic N) is 3. The third-order valence-corrected chi connectivity index (χ3v) is 4.78. The van der Waals surface area contributed by atoms with Gasteiger partial charge in [-0.2, -0.15) is 4.37 Å². The van der Waals surface area contributed by atoms with E-state index in [9.17, 15) is 4.79 Å². The smallest absolute Gasteiger partial charge is 0.232 e. The second kappa shape index (κ2) is 8.21. The van der Waals surface area contributed by atoms with Crippen molar-refractivity contribution >= 4 is 22.6 Å². The van der Waals surface area contributed by atoms with Crippen molar-refractivity contribution < 1.29 is 9.53 Å². The van der Waals surface area contributed by atoms with Gasteiger partial charge in [-0.1, -0.05) is 37.3 Å². The van der Waals surface area contributed by atoms with Gasteiger partial charge < -0.3 is 15.0 Å². The molecule has 1 unspecified atom stereocenters. The van der Waals surface area contributed by atoms with Crippen LogP contribution in [-0.4, -0.2) is 53.0 Å². The number of carbonyl (C=O) groups is 1. The van der Waals surface area contributed by atoms with Crippen LogP contribution in [0.5, 0.6) is 0 Å². The number of morpholine rings is 1. The first-order valence-electron chi connectivity index (χ1n) is 8.26. The Balaban J connectivity index is 1.73. The fourth-order valence-electron chi connectivity index (χ4n) is 2.70. The first-order chi connectivity index (χ1) is 11.8. The van der Waals surface area contributed by atoms with E-state index in [1.54, 1.807) is 0 Å². The van der Waals surface area contributed by atoms with E-state index in [0.29, 0.717) is 32.8 Å². The quantitative estimate of drug-likeness (QED) is 0.868. The molecule has 1 saturated heterocycles. The lowest BCUT2D eigenvalue weighted by Crippen LogP contribution is -2.44. The topological polar surface area (TPSA) is 67.4 Å². The van der Waals surface area contributed by atoms with Gasteiger partial charge in [-0.3, -0.25) is 4.79 Å². The molecule has 1 N–H and O–H groups in total. The molecule has 0 bridgehead atoms. The Labute approximate surface area is 146 Å². The summed E-state index contributed by atoms with van der Waals surface area (Å²) >= 11 is 1.34. The molecule has 0 radical (unpaired) electrons. The Morgan fingerprint density at radius 2 is 2.08 bits per heavy atom. The summed E-state index contributed by atoms with van der Waals surface area (Å²) in [4.78, 5) is 19.3. The number of aromatic nitrogens is 2. The summed E-state index contributed by atoms with van der Waals surface area (Å²) in [6.45, 7) is 5.06. The molecular weight excluding hydrogens is 324 g/mol. The van der Waals surface area contributed by atoms with E-state index >= 15 is 0 Å². The molecule has 128 valence electrons. The molecule has 0 aliphatic carbocycles. The molecule has 1 aliphatic heterocycles. The zero-order chi connectivity index (χ0) is 16.8. The predicted octanol–water partition coefficient (Wildman–Crippen LogP) is 2.16. The van der Waals surface area contributed by atoms with Gasteiger partial charge in [0.25, 0.3) is 0 Å². The summed E-state index contributed by atoms with van der Waals surface area (Å²) in [6.07, 6.45) is 0.813. The monoisotopic (exact) mass is 346 g/mol. The molecule has 24 heavy (non-hydrogen) atoms. The Kier molecular flexibility index (Phi) is 5.77. The minimum absolute atomic E-state index is 0.136. The van der Waals surface area contributed by atoms with Crippen molar-refractivity contribution in [3.8, 4) is 0 Å². The van der Waals surface area contributed by atoms with E-state index < -0.39 is 0 Å². The third-order valence-electron chi connectivity index (χ3n) is 4.06. The van der Waals surface area contributed by atoms with Crippen LogP contribution in [0.15, 0.2) is 30.3 Å². The Bertz CT molecular complexity index is 656. The molecule has 1 aromatic carbocycles. The number of hydrogen-bond acceptors (Lipinski definition) is 6. The number of aryl methyl sites for hydroxylation is 1. The Morgan fingerprint density at radius 3 is 2.75 bits per heavy atom. The molecule has 1 fully saturated rings. The number of anilines is 1. The zero-order valence-electron chi connectivity index (χ0n) is 13.8. The van der Waals surface area contributed by atoms with Crippen LogP contribution < -0.4 is 5.32 Å². The molecule has 7 heteroatoms. The number of amides is 1. The van der Waals surface area contributed by atoms with Crippen LogP contribution in [0.1, 0.15) is 24.2 Å². The van der Waals surface area contributed by atoms with Crippen molar-refractivity contribution in [2.45, 2.75) is 19.3 Å². The summed E-state index contributed by atoms with van der Waals surface area (Å²) in [5, 5.41) is 4.05. The van der Waals surface area contributed by atoms with Gasteiger partial charge in [0.05, 0.1) is 19.1 Å². The molecule has 2 heterocycles. The number of nitrogens with one attached hydrogen (secondary N) is 1. The average Bonchev–Trinajstić information content (AvgIpc) is 3.11. The third kappa shape index (κ3) is 4.10. The van der Waals surface area contributed by atoms with Crippen LogP contribution in [0.2, 0.25) is 0 Å². The maximum Gasteiger partial charge on any atom is 0.232 e. The van der Waals surface area contributed by atoms with Gasteiger partial charge >= 0.3 is 0 Å². The molecule has 1 aliphatic rings. The maximum atomic E-state index is 13.0. The van der Waals surface area contributed by atoms with Crippen LogP contribution in [-0.2, 0) is 16.0 Å². The van der Waals surface area contributed by atoms with E-state index in [1.807, 2.05) is 42.2 Å². The number of hydrogen-bond donors (Lipinski definition) is 1. The van der Waals surface area contributed by atoms with E-state index in [0.717, 1.165) is 22.9 Å². The van der Waals surface area contributed by atoms with Crippen molar-refractivity contribution in [1.82, 2.24) is 14.3 Å². The van der Waals surface area contributed by atoms with Gasteiger partial charge in [-0.25, -0.2) is 4.98 Å². The zero-order valence-corrected chi connectivity index (χ0v) is 14.6. The first-order valence-corrected chi connectivity index (χ1v) is 9.03. The predicted molar refractivity (Wildman–Crippen MR) is 94.4 cm³/mol. The van der Waals surface area contributed by atoms with Crippen molar-refractivity contribution in [3.05, 3.63) is 41.7 Å². The highest BCUT2D eigenvalue weighted by Gasteiger charge is 2.27. The standard InChI is InChI=1S/C17H22N4O2S/c1-2-15-19-17(24-20-15)18-12-14(13-6-4-3-5-7-13)16(22)21-8-10-23-11-9-21/h3-7,14H,2,8-12H2,1H3,(H,18,19,20). The summed E-state index contributed by atoms with van der Waals surface area (Å²) in [7, 11) is 0. The molecule has 3 rings (SSSR count). The fourth-order valence-corrected chi connectivity index (χ4v) is 3.35. The lowest BCUT2D eigenvalue weighted by atomic mass is 9.97. The molecular formula is C17H22N4O2S. The van der Waals surface area contributed by atoms with E-state index in [-0.39, 0.29) is 11.8 Å². The minimum Gasteiger partial charge on any atom is -0.378 e. The summed E-state index contributed by atoms with van der Waals surface area (Å²) in [5.41, 5.74) is 1.02. The highest BCUT2D eigenvalue weighted by molar-refractivity contribution is 7.09. The van der Waals surface area contributed by atoms with Crippen molar-refractivity contribution in [2.24, 2.45) is 0 Å². The normalized spacial score (nSPS) is 16.0. The van der Waals surface area contributed by atoms with Crippen molar-refractivity contribution in [1.29, 1.82) is 0 Å². The summed E-state index contributed by atoms with van der Waals surface area (Å²) in [5.74, 6) is 0.730. The Morgan fingerprint density at radius 1 is 1.33 bits per heavy atom. The summed E-state index contributed by atoms with van der Waals surface area (Å²) < 4.78 is 9.63. The van der Waals surface area contributed by atoms with Crippen LogP contribution in [0, 0.1) is 0 Å². The lowest BCUT2D eigenvalue weighted by molar-refractivity contribution is -0.136. The summed E-state index contributed by atoms with van der Waals surface area (Å²) in [6, 6.07) is 9.90. The minimum atomic E-state index is -0.238. The largest absolute Gasteiger partial charge is 0.378 e. The Hall–Kier alpha value is -1.99. The number of benzene rings is 1. The van der Waals surface area contributed by atoms with Crippen LogP contribution in [0.25, 0.3) is 0 Å². The highest BCUT2D eigenvalue weighted by atomic mass is 32.1. The van der Waals surface area contributed by atoms with Crippen molar-refractivity contribution in [3.63, 3.8) is 0 Å². The van der Waals surface area contributed by atoms with Gasteiger partial charge in [0.1, 0.15) is 5.82 Å². The van der Waals surface area contributed by atoms with Gasteiger partial charge in [0.2, 0.25) is 11.0 Å². The number of rotatable bonds is 6. The fraction of sp³-hybridized carbons (Fsp3) is 0.471. The second-order valence-electron chi connectivity index (χ2n) is 5.65. The number of carbonyl (C=O) groups excluding carboxylic acids is 1. The highest BCUT2D eigenvalue weighted by Crippen LogP contribution is 2.21. The molecule has 0 spiro atoms. The molecule has 2 aromatic rings. The van der Waals surface area contributed by atoms with E-state index in [1.165, 1.54) is 11.5 Å². The first kappa shape index (κ1) is 16.9. The van der Waals surface area contributed by atoms with Crippen LogP contribution in [0.3, 0.4) is 0 Å². The van der Waals surface area contributed by atoms with Gasteiger partial charge in [0, 0.05) is 37.6 Å². The van der Waals surface area contributed by atoms with Crippen molar-refractivity contribution in [2.75, 3.05) is 38.2 Å². The van der Waals surface area contributed by atoms with Gasteiger partial charge in [0.15, 0.2) is 0 Å². The van der Waals surface area contributed by atoms with Gasteiger partial charge in [-0.15, -0.1) is 0 Å². The van der Waals surface area contributed by atoms with Crippen LogP contribution >= 0.6 is 11.5 Å². The average molecular weight is 346 g/mol. The maximum absolute atomic E-state index is 13.0. The molecule has 1 atom stereocenters. The van der Waals surface area contributed by atoms with E-state index in [4.69, 9.17) is 4.74 Å². The molecule has 1 aromatic heterocycles. The van der Waals surface area contributed by atoms with E-state index in [2.05, 4.69) is 14.7 Å². The molecule has 1 amide bonds. The molecule has 0 saturated carbocycles. The lowest BCUT2D eigenvalue weighted by Gasteiger charge is -2.30.